The Kier molecular flexibility index (Phi) is 4.14. The number of carbonyl (C=O) groups excluding carboxylic acids is 1. The summed E-state index contributed by atoms with van der Waals surface area (Å²) in [5.41, 5.74) is 1.15. The molecule has 0 radical (unpaired) electrons. The highest BCUT2D eigenvalue weighted by atomic mass is 16.3. The van der Waals surface area contributed by atoms with Crippen molar-refractivity contribution >= 4 is 16.8 Å². The summed E-state index contributed by atoms with van der Waals surface area (Å²) in [6.45, 7) is 2.19. The summed E-state index contributed by atoms with van der Waals surface area (Å²) in [6.07, 6.45) is 0.443. The molecule has 1 heterocycles. The molecule has 20 heavy (non-hydrogen) atoms. The molecule has 1 aromatic heterocycles. The molecular formula is C14H17N3O3. The fourth-order valence-corrected chi connectivity index (χ4v) is 2.00. The standard InChI is InChI=1S/C14H17N3O3/c1-9-4-5-11-10(8-9)13(19)12(16-17(11)2)14(20)15-6-3-7-18/h4-5,8,18H,3,6-7H2,1-2H3,(H,15,20). The molecule has 6 nitrogen and oxygen atoms in total. The van der Waals surface area contributed by atoms with Gasteiger partial charge in [0, 0.05) is 20.2 Å². The fourth-order valence-electron chi connectivity index (χ4n) is 2.00. The Hall–Kier alpha value is -2.21. The highest BCUT2D eigenvalue weighted by Crippen LogP contribution is 2.11. The highest BCUT2D eigenvalue weighted by Gasteiger charge is 2.16. The van der Waals surface area contributed by atoms with E-state index in [0.717, 1.165) is 5.56 Å². The lowest BCUT2D eigenvalue weighted by molar-refractivity contribution is 0.0943. The van der Waals surface area contributed by atoms with Gasteiger partial charge < -0.3 is 10.4 Å². The molecular weight excluding hydrogens is 258 g/mol. The van der Waals surface area contributed by atoms with E-state index < -0.39 is 5.91 Å². The van der Waals surface area contributed by atoms with Gasteiger partial charge in [0.15, 0.2) is 5.69 Å². The molecule has 6 heteroatoms. The number of aromatic nitrogens is 2. The van der Waals surface area contributed by atoms with Gasteiger partial charge in [0.25, 0.3) is 5.91 Å². The highest BCUT2D eigenvalue weighted by molar-refractivity contribution is 5.95. The van der Waals surface area contributed by atoms with Crippen LogP contribution in [-0.2, 0) is 7.05 Å². The van der Waals surface area contributed by atoms with Crippen LogP contribution >= 0.6 is 0 Å². The summed E-state index contributed by atoms with van der Waals surface area (Å²) in [7, 11) is 1.70. The second-order valence-electron chi connectivity index (χ2n) is 4.66. The Morgan fingerprint density at radius 2 is 2.20 bits per heavy atom. The lowest BCUT2D eigenvalue weighted by atomic mass is 10.1. The minimum absolute atomic E-state index is 0.0113. The summed E-state index contributed by atoms with van der Waals surface area (Å²) in [5.74, 6) is -0.512. The quantitative estimate of drug-likeness (QED) is 0.789. The van der Waals surface area contributed by atoms with E-state index in [1.807, 2.05) is 19.1 Å². The summed E-state index contributed by atoms with van der Waals surface area (Å²) in [5, 5.41) is 15.8. The topological polar surface area (TPSA) is 84.2 Å². The van der Waals surface area contributed by atoms with Crippen LogP contribution in [0.25, 0.3) is 10.9 Å². The van der Waals surface area contributed by atoms with E-state index in [0.29, 0.717) is 23.9 Å². The van der Waals surface area contributed by atoms with Gasteiger partial charge in [-0.05, 0) is 25.5 Å². The molecule has 1 amide bonds. The van der Waals surface area contributed by atoms with Crippen LogP contribution in [0.15, 0.2) is 23.0 Å². The van der Waals surface area contributed by atoms with Crippen LogP contribution in [0.3, 0.4) is 0 Å². The molecule has 0 aliphatic rings. The molecule has 2 rings (SSSR count). The maximum absolute atomic E-state index is 12.3. The molecule has 2 aromatic rings. The van der Waals surface area contributed by atoms with E-state index >= 15 is 0 Å². The normalized spacial score (nSPS) is 10.8. The summed E-state index contributed by atoms with van der Waals surface area (Å²) in [6, 6.07) is 5.46. The number of amides is 1. The number of hydrogen-bond donors (Lipinski definition) is 2. The first-order valence-corrected chi connectivity index (χ1v) is 6.41. The van der Waals surface area contributed by atoms with E-state index in [1.54, 1.807) is 13.1 Å². The molecule has 1 aromatic carbocycles. The molecule has 106 valence electrons. The van der Waals surface area contributed by atoms with Crippen molar-refractivity contribution in [3.63, 3.8) is 0 Å². The zero-order valence-electron chi connectivity index (χ0n) is 11.5. The molecule has 0 unspecified atom stereocenters. The number of nitrogens with zero attached hydrogens (tertiary/aromatic N) is 2. The number of hydrogen-bond acceptors (Lipinski definition) is 4. The predicted octanol–water partition coefficient (Wildman–Crippen LogP) is 0.354. The molecule has 0 bridgehead atoms. The summed E-state index contributed by atoms with van der Waals surface area (Å²) < 4.78 is 1.52. The van der Waals surface area contributed by atoms with Gasteiger partial charge in [0.05, 0.1) is 10.9 Å². The lowest BCUT2D eigenvalue weighted by Gasteiger charge is -2.08. The van der Waals surface area contributed by atoms with Gasteiger partial charge in [-0.15, -0.1) is 0 Å². The predicted molar refractivity (Wildman–Crippen MR) is 75.8 cm³/mol. The van der Waals surface area contributed by atoms with Crippen molar-refractivity contribution in [2.75, 3.05) is 13.2 Å². The Morgan fingerprint density at radius 1 is 1.45 bits per heavy atom. The zero-order chi connectivity index (χ0) is 14.7. The van der Waals surface area contributed by atoms with Gasteiger partial charge in [0.2, 0.25) is 5.43 Å². The van der Waals surface area contributed by atoms with Gasteiger partial charge in [-0.25, -0.2) is 0 Å². The van der Waals surface area contributed by atoms with E-state index in [9.17, 15) is 9.59 Å². The van der Waals surface area contributed by atoms with E-state index in [4.69, 9.17) is 5.11 Å². The number of carbonyl (C=O) groups is 1. The Labute approximate surface area is 116 Å². The number of aliphatic hydroxyl groups excluding tert-OH is 1. The van der Waals surface area contributed by atoms with Crippen LogP contribution in [0, 0.1) is 6.92 Å². The van der Waals surface area contributed by atoms with Crippen molar-refractivity contribution in [3.05, 3.63) is 39.7 Å². The number of aryl methyl sites for hydroxylation is 2. The number of aliphatic hydroxyl groups is 1. The smallest absolute Gasteiger partial charge is 0.275 e. The first-order valence-electron chi connectivity index (χ1n) is 6.41. The Balaban J connectivity index is 2.47. The molecule has 0 spiro atoms. The third-order valence-electron chi connectivity index (χ3n) is 3.05. The Bertz CT molecular complexity index is 707. The van der Waals surface area contributed by atoms with Gasteiger partial charge in [-0.2, -0.15) is 5.10 Å². The fraction of sp³-hybridized carbons (Fsp3) is 0.357. The minimum Gasteiger partial charge on any atom is -0.396 e. The molecule has 0 saturated heterocycles. The van der Waals surface area contributed by atoms with E-state index in [1.165, 1.54) is 4.68 Å². The van der Waals surface area contributed by atoms with Crippen molar-refractivity contribution < 1.29 is 9.90 Å². The first-order chi connectivity index (χ1) is 9.54. The third-order valence-corrected chi connectivity index (χ3v) is 3.05. The maximum Gasteiger partial charge on any atom is 0.275 e. The van der Waals surface area contributed by atoms with Crippen LogP contribution < -0.4 is 10.7 Å². The van der Waals surface area contributed by atoms with Crippen LogP contribution in [0.4, 0.5) is 0 Å². The zero-order valence-corrected chi connectivity index (χ0v) is 11.5. The Morgan fingerprint density at radius 3 is 2.90 bits per heavy atom. The largest absolute Gasteiger partial charge is 0.396 e. The second kappa shape index (κ2) is 5.83. The number of nitrogens with one attached hydrogen (secondary N) is 1. The molecule has 0 saturated carbocycles. The third kappa shape index (κ3) is 2.70. The molecule has 2 N–H and O–H groups in total. The minimum atomic E-state index is -0.512. The van der Waals surface area contributed by atoms with Crippen molar-refractivity contribution in [1.29, 1.82) is 0 Å². The molecule has 0 fully saturated rings. The van der Waals surface area contributed by atoms with Crippen LogP contribution in [0.1, 0.15) is 22.5 Å². The number of rotatable bonds is 4. The van der Waals surface area contributed by atoms with Crippen molar-refractivity contribution in [2.24, 2.45) is 7.05 Å². The average molecular weight is 275 g/mol. The van der Waals surface area contributed by atoms with Crippen LogP contribution in [-0.4, -0.2) is 33.9 Å². The van der Waals surface area contributed by atoms with Crippen molar-refractivity contribution in [1.82, 2.24) is 15.1 Å². The van der Waals surface area contributed by atoms with Crippen molar-refractivity contribution in [2.45, 2.75) is 13.3 Å². The van der Waals surface area contributed by atoms with Gasteiger partial charge in [0.1, 0.15) is 0 Å². The van der Waals surface area contributed by atoms with Crippen LogP contribution in [0.5, 0.6) is 0 Å². The van der Waals surface area contributed by atoms with Crippen LogP contribution in [0.2, 0.25) is 0 Å². The maximum atomic E-state index is 12.3. The van der Waals surface area contributed by atoms with Gasteiger partial charge >= 0.3 is 0 Å². The van der Waals surface area contributed by atoms with E-state index in [2.05, 4.69) is 10.4 Å². The molecule has 0 aliphatic heterocycles. The number of fused-ring (bicyclic) bond motifs is 1. The van der Waals surface area contributed by atoms with Gasteiger partial charge in [-0.1, -0.05) is 11.6 Å². The molecule has 0 atom stereocenters. The molecule has 0 aliphatic carbocycles. The SMILES string of the molecule is Cc1ccc2c(c1)c(=O)c(C(=O)NCCCO)nn2C. The second-order valence-corrected chi connectivity index (χ2v) is 4.66. The van der Waals surface area contributed by atoms with Crippen molar-refractivity contribution in [3.8, 4) is 0 Å². The lowest BCUT2D eigenvalue weighted by Crippen LogP contribution is -2.32. The monoisotopic (exact) mass is 275 g/mol. The van der Waals surface area contributed by atoms with Gasteiger partial charge in [-0.3, -0.25) is 14.3 Å². The summed E-state index contributed by atoms with van der Waals surface area (Å²) in [4.78, 5) is 24.3. The summed E-state index contributed by atoms with van der Waals surface area (Å²) >= 11 is 0. The first kappa shape index (κ1) is 14.2. The van der Waals surface area contributed by atoms with E-state index in [-0.39, 0.29) is 17.7 Å². The number of benzene rings is 1. The average Bonchev–Trinajstić information content (AvgIpc) is 2.42.